The van der Waals surface area contributed by atoms with Crippen LogP contribution in [0.2, 0.25) is 0 Å². The van der Waals surface area contributed by atoms with Crippen LogP contribution in [0.5, 0.6) is 5.75 Å². The molecule has 0 aromatic heterocycles. The lowest BCUT2D eigenvalue weighted by Crippen LogP contribution is -2.29. The molecule has 2 unspecified atom stereocenters. The van der Waals surface area contributed by atoms with E-state index in [4.69, 9.17) is 0 Å². The molecule has 110 valence electrons. The molecule has 0 bridgehead atoms. The van der Waals surface area contributed by atoms with Gasteiger partial charge in [-0.1, -0.05) is 36.4 Å². The Morgan fingerprint density at radius 1 is 0.955 bits per heavy atom. The molecule has 2 aliphatic rings. The number of hydrogen-bond donors (Lipinski definition) is 2. The smallest absolute Gasteiger partial charge is 0.166 e. The van der Waals surface area contributed by atoms with Gasteiger partial charge in [-0.15, -0.1) is 0 Å². The van der Waals surface area contributed by atoms with Crippen LogP contribution >= 0.6 is 0 Å². The molecule has 2 N–H and O–H groups in total. The molecule has 0 saturated heterocycles. The Bertz CT molecular complexity index is 787. The molecule has 0 saturated carbocycles. The monoisotopic (exact) mass is 292 g/mol. The number of aliphatic hydroxyl groups excluding tert-OH is 1. The predicted molar refractivity (Wildman–Crippen MR) is 84.2 cm³/mol. The van der Waals surface area contributed by atoms with Crippen molar-refractivity contribution >= 4 is 16.9 Å². The number of ketones is 1. The van der Waals surface area contributed by atoms with Gasteiger partial charge in [0, 0.05) is 17.9 Å². The number of phenolic OH excluding ortho intramolecular Hbond substituents is 1. The topological polar surface area (TPSA) is 57.5 Å². The van der Waals surface area contributed by atoms with E-state index in [1.54, 1.807) is 24.3 Å². The normalized spacial score (nSPS) is 23.4. The summed E-state index contributed by atoms with van der Waals surface area (Å²) in [6, 6.07) is 14.8. The molecule has 0 spiro atoms. The first-order chi connectivity index (χ1) is 10.6. The van der Waals surface area contributed by atoms with Crippen molar-refractivity contribution in [1.29, 1.82) is 0 Å². The number of aliphatic hydroxyl groups is 1. The number of phenols is 1. The van der Waals surface area contributed by atoms with Crippen LogP contribution in [0.15, 0.2) is 48.5 Å². The fraction of sp³-hybridized carbons (Fsp3) is 0.211. The van der Waals surface area contributed by atoms with E-state index in [2.05, 4.69) is 6.07 Å². The third-order valence-corrected chi connectivity index (χ3v) is 4.68. The summed E-state index contributed by atoms with van der Waals surface area (Å²) in [5, 5.41) is 19.8. The fourth-order valence-corrected chi connectivity index (χ4v) is 3.68. The average Bonchev–Trinajstić information content (AvgIpc) is 2.89. The maximum Gasteiger partial charge on any atom is 0.166 e. The minimum absolute atomic E-state index is 0.0149. The molecule has 3 heteroatoms. The lowest BCUT2D eigenvalue weighted by Gasteiger charge is -2.28. The first kappa shape index (κ1) is 13.3. The van der Waals surface area contributed by atoms with Crippen LogP contribution in [0, 0.1) is 5.92 Å². The van der Waals surface area contributed by atoms with Gasteiger partial charge >= 0.3 is 0 Å². The number of aromatic hydroxyl groups is 1. The van der Waals surface area contributed by atoms with Gasteiger partial charge < -0.3 is 10.2 Å². The second kappa shape index (κ2) is 4.82. The number of hydrogen-bond acceptors (Lipinski definition) is 3. The largest absolute Gasteiger partial charge is 0.508 e. The Kier molecular flexibility index (Phi) is 2.91. The van der Waals surface area contributed by atoms with Crippen LogP contribution in [0.25, 0.3) is 11.1 Å². The third kappa shape index (κ3) is 1.90. The number of Topliss-reactive ketones (excluding diaryl/α,β-unsaturated/α-hetero) is 1. The third-order valence-electron chi connectivity index (χ3n) is 4.68. The highest BCUT2D eigenvalue weighted by atomic mass is 16.3. The number of rotatable bonds is 1. The van der Waals surface area contributed by atoms with Crippen LogP contribution in [0.3, 0.4) is 0 Å². The molecule has 2 aromatic carbocycles. The highest BCUT2D eigenvalue weighted by Gasteiger charge is 2.40. The van der Waals surface area contributed by atoms with E-state index < -0.39 is 6.10 Å². The van der Waals surface area contributed by atoms with Gasteiger partial charge in [0.2, 0.25) is 0 Å². The van der Waals surface area contributed by atoms with E-state index in [9.17, 15) is 15.0 Å². The van der Waals surface area contributed by atoms with E-state index in [1.165, 1.54) is 5.56 Å². The minimum Gasteiger partial charge on any atom is -0.508 e. The van der Waals surface area contributed by atoms with Crippen molar-refractivity contribution in [1.82, 2.24) is 0 Å². The Balaban J connectivity index is 1.98. The Morgan fingerprint density at radius 3 is 2.45 bits per heavy atom. The number of carbonyl (C=O) groups excluding carboxylic acids is 1. The maximum absolute atomic E-state index is 12.6. The van der Waals surface area contributed by atoms with E-state index in [0.29, 0.717) is 5.57 Å². The van der Waals surface area contributed by atoms with Crippen LogP contribution in [0.1, 0.15) is 23.1 Å². The molecule has 0 aliphatic heterocycles. The first-order valence-electron chi connectivity index (χ1n) is 7.48. The van der Waals surface area contributed by atoms with E-state index in [1.807, 2.05) is 18.2 Å². The van der Waals surface area contributed by atoms with Gasteiger partial charge in [-0.2, -0.15) is 0 Å². The average molecular weight is 292 g/mol. The molecule has 2 atom stereocenters. The summed E-state index contributed by atoms with van der Waals surface area (Å²) in [6.07, 6.45) is 0.329. The molecule has 4 rings (SSSR count). The van der Waals surface area contributed by atoms with Gasteiger partial charge in [-0.05, 0) is 40.8 Å². The van der Waals surface area contributed by atoms with Gasteiger partial charge in [0.1, 0.15) is 5.75 Å². The van der Waals surface area contributed by atoms with Gasteiger partial charge in [0.25, 0.3) is 0 Å². The summed E-state index contributed by atoms with van der Waals surface area (Å²) in [4.78, 5) is 12.6. The van der Waals surface area contributed by atoms with Gasteiger partial charge in [0.05, 0.1) is 6.10 Å². The maximum atomic E-state index is 12.6. The molecular formula is C19H16O3. The van der Waals surface area contributed by atoms with E-state index >= 15 is 0 Å². The molecule has 0 heterocycles. The molecule has 3 nitrogen and oxygen atoms in total. The van der Waals surface area contributed by atoms with Crippen LogP contribution in [-0.2, 0) is 11.2 Å². The number of carbonyl (C=O) groups is 1. The summed E-state index contributed by atoms with van der Waals surface area (Å²) in [5.41, 5.74) is 4.73. The molecular weight excluding hydrogens is 276 g/mol. The van der Waals surface area contributed by atoms with Crippen LogP contribution in [-0.4, -0.2) is 22.1 Å². The van der Waals surface area contributed by atoms with Gasteiger partial charge in [0.15, 0.2) is 5.78 Å². The van der Waals surface area contributed by atoms with Crippen molar-refractivity contribution in [3.8, 4) is 5.75 Å². The molecule has 22 heavy (non-hydrogen) atoms. The predicted octanol–water partition coefficient (Wildman–Crippen LogP) is 2.81. The van der Waals surface area contributed by atoms with Crippen molar-refractivity contribution in [3.63, 3.8) is 0 Å². The van der Waals surface area contributed by atoms with Crippen molar-refractivity contribution in [2.75, 3.05) is 0 Å². The summed E-state index contributed by atoms with van der Waals surface area (Å²) in [5.74, 6) is 0.140. The zero-order valence-electron chi connectivity index (χ0n) is 12.0. The summed E-state index contributed by atoms with van der Waals surface area (Å²) in [7, 11) is 0. The van der Waals surface area contributed by atoms with Crippen molar-refractivity contribution < 1.29 is 15.0 Å². The number of benzene rings is 2. The van der Waals surface area contributed by atoms with Crippen molar-refractivity contribution in [3.05, 3.63) is 65.2 Å². The molecule has 0 amide bonds. The first-order valence-corrected chi connectivity index (χ1v) is 7.48. The summed E-state index contributed by atoms with van der Waals surface area (Å²) < 4.78 is 0. The fourth-order valence-electron chi connectivity index (χ4n) is 3.68. The Morgan fingerprint density at radius 2 is 1.68 bits per heavy atom. The lowest BCUT2D eigenvalue weighted by atomic mass is 9.78. The SMILES string of the molecule is O=C1CC(O)C2Cc3ccccc3C2=C1c1ccc(O)cc1. The van der Waals surface area contributed by atoms with Gasteiger partial charge in [-0.25, -0.2) is 0 Å². The summed E-state index contributed by atoms with van der Waals surface area (Å²) >= 11 is 0. The highest BCUT2D eigenvalue weighted by Crippen LogP contribution is 2.47. The zero-order valence-corrected chi connectivity index (χ0v) is 12.0. The summed E-state index contributed by atoms with van der Waals surface area (Å²) in [6.45, 7) is 0. The minimum atomic E-state index is -0.615. The standard InChI is InChI=1S/C19H16O3/c20-13-7-5-11(6-8-13)18-17(22)10-16(21)15-9-12-3-1-2-4-14(12)19(15)18/h1-8,15-16,20-21H,9-10H2. The van der Waals surface area contributed by atoms with Crippen LogP contribution < -0.4 is 0 Å². The van der Waals surface area contributed by atoms with E-state index in [0.717, 1.165) is 23.1 Å². The van der Waals surface area contributed by atoms with Crippen molar-refractivity contribution in [2.24, 2.45) is 5.92 Å². The lowest BCUT2D eigenvalue weighted by molar-refractivity contribution is -0.116. The Hall–Kier alpha value is -2.39. The molecule has 2 aromatic rings. The molecule has 0 fully saturated rings. The number of fused-ring (bicyclic) bond motifs is 3. The van der Waals surface area contributed by atoms with E-state index in [-0.39, 0.29) is 23.9 Å². The van der Waals surface area contributed by atoms with Crippen LogP contribution in [0.4, 0.5) is 0 Å². The molecule has 2 aliphatic carbocycles. The Labute approximate surface area is 128 Å². The second-order valence-corrected chi connectivity index (χ2v) is 6.00. The zero-order chi connectivity index (χ0) is 15.3. The quantitative estimate of drug-likeness (QED) is 0.849. The molecule has 0 radical (unpaired) electrons. The highest BCUT2D eigenvalue weighted by molar-refractivity contribution is 6.30. The second-order valence-electron chi connectivity index (χ2n) is 6.00. The van der Waals surface area contributed by atoms with Crippen molar-refractivity contribution in [2.45, 2.75) is 18.9 Å². The van der Waals surface area contributed by atoms with Gasteiger partial charge in [-0.3, -0.25) is 4.79 Å². The number of allylic oxidation sites excluding steroid dienone is 1.